The van der Waals surface area contributed by atoms with Gasteiger partial charge in [0.25, 0.3) is 11.8 Å². The Bertz CT molecular complexity index is 2270. The van der Waals surface area contributed by atoms with Gasteiger partial charge in [-0.05, 0) is 66.4 Å². The average molecular weight is 858 g/mol. The number of benzene rings is 4. The van der Waals surface area contributed by atoms with Gasteiger partial charge >= 0.3 is 0 Å². The van der Waals surface area contributed by atoms with Crippen LogP contribution in [0, 0.1) is 0 Å². The highest BCUT2D eigenvalue weighted by atomic mass is 35.5. The molecule has 312 valence electrons. The van der Waals surface area contributed by atoms with E-state index in [0.717, 1.165) is 10.5 Å². The summed E-state index contributed by atoms with van der Waals surface area (Å²) < 4.78 is 10.9. The van der Waals surface area contributed by atoms with Crippen LogP contribution in [-0.2, 0) is 35.1 Å². The lowest BCUT2D eigenvalue weighted by atomic mass is 10.0. The second-order valence-electron chi connectivity index (χ2n) is 13.8. The van der Waals surface area contributed by atoms with Crippen LogP contribution in [0.3, 0.4) is 0 Å². The van der Waals surface area contributed by atoms with Crippen LogP contribution in [-0.4, -0.2) is 91.6 Å². The lowest BCUT2D eigenvalue weighted by Crippen LogP contribution is -2.54. The zero-order valence-electron chi connectivity index (χ0n) is 32.5. The van der Waals surface area contributed by atoms with E-state index in [1.165, 1.54) is 24.1 Å². The number of imide groups is 2. The number of nitrogens with zero attached hydrogens (tertiary/aromatic N) is 2. The Labute approximate surface area is 355 Å². The van der Waals surface area contributed by atoms with Gasteiger partial charge in [0.1, 0.15) is 23.7 Å². The molecule has 2 atom stereocenters. The molecule has 6 rings (SSSR count). The van der Waals surface area contributed by atoms with Crippen molar-refractivity contribution < 1.29 is 43.0 Å². The molecule has 2 unspecified atom stereocenters. The third-order valence-electron chi connectivity index (χ3n) is 9.87. The molecular formula is C43H42Cl2N6O9. The van der Waals surface area contributed by atoms with Crippen LogP contribution in [0.2, 0.25) is 5.02 Å². The molecule has 0 saturated carbocycles. The summed E-state index contributed by atoms with van der Waals surface area (Å²) in [6, 6.07) is 23.4. The molecule has 1 fully saturated rings. The van der Waals surface area contributed by atoms with Crippen molar-refractivity contribution >= 4 is 81.6 Å². The number of halogens is 2. The van der Waals surface area contributed by atoms with Gasteiger partial charge in [-0.25, -0.2) is 0 Å². The predicted octanol–water partition coefficient (Wildman–Crippen LogP) is 4.88. The molecular weight excluding hydrogens is 815 g/mol. The van der Waals surface area contributed by atoms with Gasteiger partial charge < -0.3 is 25.4 Å². The Hall–Kier alpha value is -6.29. The quantitative estimate of drug-likeness (QED) is 0.0610. The average Bonchev–Trinajstić information content (AvgIpc) is 3.50. The molecule has 0 aromatic heterocycles. The molecule has 4 N–H and O–H groups in total. The SMILES string of the molecule is COc1ccc(N(C(=O)CCl)C(C(=O)NCCc2ccccc2)c2ccc(NC(=O)CCOCCNc3cccc4c3C(=O)N(C3CCC(=O)NC3=O)C4=O)cc2)cc1Cl. The van der Waals surface area contributed by atoms with E-state index in [2.05, 4.69) is 21.3 Å². The Kier molecular flexibility index (Phi) is 14.5. The van der Waals surface area contributed by atoms with Crippen molar-refractivity contribution in [2.75, 3.05) is 54.8 Å². The van der Waals surface area contributed by atoms with E-state index in [1.807, 2.05) is 30.3 Å². The minimum atomic E-state index is -1.15. The molecule has 0 radical (unpaired) electrons. The summed E-state index contributed by atoms with van der Waals surface area (Å²) in [5.41, 5.74) is 2.93. The predicted molar refractivity (Wildman–Crippen MR) is 224 cm³/mol. The number of hydrogen-bond donors (Lipinski definition) is 4. The van der Waals surface area contributed by atoms with Gasteiger partial charge in [-0.2, -0.15) is 0 Å². The molecule has 7 amide bonds. The molecule has 0 aliphatic carbocycles. The van der Waals surface area contributed by atoms with Gasteiger partial charge in [-0.15, -0.1) is 11.6 Å². The Morgan fingerprint density at radius 2 is 1.68 bits per heavy atom. The first-order valence-corrected chi connectivity index (χ1v) is 20.0. The highest BCUT2D eigenvalue weighted by Gasteiger charge is 2.45. The number of carbonyl (C=O) groups excluding carboxylic acids is 7. The van der Waals surface area contributed by atoms with Crippen molar-refractivity contribution in [1.29, 1.82) is 0 Å². The highest BCUT2D eigenvalue weighted by molar-refractivity contribution is 6.33. The summed E-state index contributed by atoms with van der Waals surface area (Å²) in [4.78, 5) is 92.8. The molecule has 0 spiro atoms. The van der Waals surface area contributed by atoms with Gasteiger partial charge in [-0.1, -0.05) is 60.1 Å². The minimum Gasteiger partial charge on any atom is -0.495 e. The van der Waals surface area contributed by atoms with Gasteiger partial charge in [0.05, 0.1) is 42.9 Å². The number of hydrogen-bond acceptors (Lipinski definition) is 10. The molecule has 17 heteroatoms. The van der Waals surface area contributed by atoms with Crippen molar-refractivity contribution in [2.45, 2.75) is 37.8 Å². The van der Waals surface area contributed by atoms with E-state index in [-0.39, 0.29) is 61.1 Å². The summed E-state index contributed by atoms with van der Waals surface area (Å²) in [6.07, 6.45) is 0.650. The number of fused-ring (bicyclic) bond motifs is 1. The summed E-state index contributed by atoms with van der Waals surface area (Å²) in [6.45, 7) is 0.783. The first-order chi connectivity index (χ1) is 29.0. The second-order valence-corrected chi connectivity index (χ2v) is 14.5. The standard InChI is InChI=1S/C43H42Cl2N6O9/c1-59-34-16-14-29(24-31(34)45)50(37(54)25-44)39(41(56)47-20-18-26-6-3-2-4-7-26)27-10-12-28(13-11-27)48-36(53)19-22-60-23-21-46-32-9-5-8-30-38(32)43(58)51(42(30)57)33-15-17-35(52)49-40(33)55/h2-14,16,24,33,39,46H,15,17-23,25H2,1H3,(H,47,56)(H,48,53)(H,49,52,55). The Balaban J connectivity index is 1.04. The van der Waals surface area contributed by atoms with Crippen LogP contribution < -0.4 is 30.9 Å². The zero-order chi connectivity index (χ0) is 42.8. The van der Waals surface area contributed by atoms with Crippen LogP contribution in [0.25, 0.3) is 0 Å². The van der Waals surface area contributed by atoms with Crippen molar-refractivity contribution in [2.24, 2.45) is 0 Å². The van der Waals surface area contributed by atoms with Crippen molar-refractivity contribution in [3.8, 4) is 5.75 Å². The molecule has 2 aliphatic heterocycles. The van der Waals surface area contributed by atoms with Crippen LogP contribution in [0.5, 0.6) is 5.75 Å². The number of carbonyl (C=O) groups is 7. The molecule has 0 bridgehead atoms. The fourth-order valence-corrected chi connectivity index (χ4v) is 7.34. The van der Waals surface area contributed by atoms with E-state index in [9.17, 15) is 33.6 Å². The Morgan fingerprint density at radius 1 is 0.917 bits per heavy atom. The monoisotopic (exact) mass is 856 g/mol. The third kappa shape index (κ3) is 10.1. The Morgan fingerprint density at radius 3 is 2.38 bits per heavy atom. The van der Waals surface area contributed by atoms with Crippen molar-refractivity contribution in [3.05, 3.63) is 118 Å². The number of methoxy groups -OCH3 is 1. The largest absolute Gasteiger partial charge is 0.495 e. The van der Waals surface area contributed by atoms with Gasteiger partial charge in [0.15, 0.2) is 0 Å². The molecule has 2 aliphatic rings. The maximum atomic E-state index is 13.9. The lowest BCUT2D eigenvalue weighted by Gasteiger charge is -2.31. The van der Waals surface area contributed by atoms with E-state index >= 15 is 0 Å². The van der Waals surface area contributed by atoms with Crippen molar-refractivity contribution in [1.82, 2.24) is 15.5 Å². The first-order valence-electron chi connectivity index (χ1n) is 19.1. The number of piperidine rings is 1. The summed E-state index contributed by atoms with van der Waals surface area (Å²) >= 11 is 12.5. The fourth-order valence-electron chi connectivity index (χ4n) is 6.95. The van der Waals surface area contributed by atoms with E-state index in [4.69, 9.17) is 32.7 Å². The minimum absolute atomic E-state index is 0.0130. The topological polar surface area (TPSA) is 193 Å². The molecule has 15 nitrogen and oxygen atoms in total. The fraction of sp³-hybridized carbons (Fsp3) is 0.279. The number of rotatable bonds is 18. The maximum absolute atomic E-state index is 13.9. The van der Waals surface area contributed by atoms with Crippen LogP contribution in [0.1, 0.15) is 57.1 Å². The summed E-state index contributed by atoms with van der Waals surface area (Å²) in [5.74, 6) is -3.73. The van der Waals surface area contributed by atoms with Gasteiger partial charge in [0, 0.05) is 36.6 Å². The van der Waals surface area contributed by atoms with Crippen LogP contribution in [0.4, 0.5) is 17.1 Å². The van der Waals surface area contributed by atoms with Crippen LogP contribution in [0.15, 0.2) is 91.0 Å². The number of anilines is 3. The van der Waals surface area contributed by atoms with Gasteiger partial charge in [0.2, 0.25) is 29.5 Å². The molecule has 2 heterocycles. The molecule has 4 aromatic carbocycles. The van der Waals surface area contributed by atoms with Gasteiger partial charge in [-0.3, -0.25) is 48.7 Å². The first kappa shape index (κ1) is 43.3. The molecule has 60 heavy (non-hydrogen) atoms. The normalized spacial score (nSPS) is 15.2. The summed E-state index contributed by atoms with van der Waals surface area (Å²) in [5, 5.41) is 11.3. The lowest BCUT2D eigenvalue weighted by molar-refractivity contribution is -0.136. The summed E-state index contributed by atoms with van der Waals surface area (Å²) in [7, 11) is 1.47. The number of alkyl halides is 1. The third-order valence-corrected chi connectivity index (χ3v) is 10.4. The number of ether oxygens (including phenoxy) is 2. The van der Waals surface area contributed by atoms with Crippen LogP contribution >= 0.6 is 23.2 Å². The maximum Gasteiger partial charge on any atom is 0.264 e. The van der Waals surface area contributed by atoms with E-state index < -0.39 is 53.4 Å². The smallest absolute Gasteiger partial charge is 0.264 e. The number of nitrogens with one attached hydrogen (secondary N) is 4. The second kappa shape index (κ2) is 20.1. The highest BCUT2D eigenvalue weighted by Crippen LogP contribution is 2.35. The number of amides is 7. The van der Waals surface area contributed by atoms with Crippen molar-refractivity contribution in [3.63, 3.8) is 0 Å². The van der Waals surface area contributed by atoms with E-state index in [0.29, 0.717) is 41.3 Å². The molecule has 1 saturated heterocycles. The van der Waals surface area contributed by atoms with E-state index in [1.54, 1.807) is 48.5 Å². The molecule has 4 aromatic rings. The zero-order valence-corrected chi connectivity index (χ0v) is 34.0.